The average molecular weight is 328 g/mol. The van der Waals surface area contributed by atoms with Crippen LogP contribution in [0.15, 0.2) is 42.5 Å². The van der Waals surface area contributed by atoms with Crippen molar-refractivity contribution in [1.29, 1.82) is 0 Å². The molecule has 0 spiro atoms. The third-order valence-electron chi connectivity index (χ3n) is 4.48. The minimum Gasteiger partial charge on any atom is -0.352 e. The quantitative estimate of drug-likeness (QED) is 0.800. The fraction of sp³-hybridized carbons (Fsp3) is 0.350. The van der Waals surface area contributed by atoms with Crippen LogP contribution in [-0.4, -0.2) is 12.5 Å². The topological polar surface area (TPSA) is 29.1 Å². The summed E-state index contributed by atoms with van der Waals surface area (Å²) in [7, 11) is 0. The van der Waals surface area contributed by atoms with Crippen LogP contribution < -0.4 is 5.32 Å². The highest BCUT2D eigenvalue weighted by Gasteiger charge is 2.12. The monoisotopic (exact) mass is 327 g/mol. The van der Waals surface area contributed by atoms with E-state index in [9.17, 15) is 4.79 Å². The van der Waals surface area contributed by atoms with Crippen LogP contribution in [0.2, 0.25) is 5.02 Å². The number of rotatable bonds is 5. The van der Waals surface area contributed by atoms with Crippen molar-refractivity contribution in [2.24, 2.45) is 0 Å². The zero-order valence-electron chi connectivity index (χ0n) is 13.3. The Morgan fingerprint density at radius 3 is 2.65 bits per heavy atom. The fourth-order valence-electron chi connectivity index (χ4n) is 3.16. The first kappa shape index (κ1) is 16.1. The zero-order chi connectivity index (χ0) is 16.1. The van der Waals surface area contributed by atoms with Gasteiger partial charge in [-0.15, -0.1) is 0 Å². The average Bonchev–Trinajstić information content (AvgIpc) is 2.59. The Hall–Kier alpha value is -1.80. The Bertz CT molecular complexity index is 696. The van der Waals surface area contributed by atoms with E-state index in [1.807, 2.05) is 30.3 Å². The van der Waals surface area contributed by atoms with Crippen LogP contribution in [0.3, 0.4) is 0 Å². The number of hydrogen-bond acceptors (Lipinski definition) is 1. The van der Waals surface area contributed by atoms with E-state index in [0.717, 1.165) is 41.8 Å². The lowest BCUT2D eigenvalue weighted by atomic mass is 9.90. The van der Waals surface area contributed by atoms with Crippen LogP contribution in [0.1, 0.15) is 46.3 Å². The van der Waals surface area contributed by atoms with Crippen LogP contribution in [0, 0.1) is 0 Å². The van der Waals surface area contributed by atoms with Gasteiger partial charge in [0.25, 0.3) is 5.91 Å². The molecule has 2 nitrogen and oxygen atoms in total. The van der Waals surface area contributed by atoms with Gasteiger partial charge in [0.15, 0.2) is 0 Å². The Morgan fingerprint density at radius 1 is 1.04 bits per heavy atom. The number of fused-ring (bicyclic) bond motifs is 1. The standard InChI is InChI=1S/C20H22ClNO/c21-19-10-4-3-7-16(19)9-5-13-22-20(23)18-12-11-15-6-1-2-8-17(15)14-18/h3-4,7,10-12,14H,1-2,5-6,8-9,13H2,(H,22,23). The van der Waals surface area contributed by atoms with Crippen LogP contribution in [0.5, 0.6) is 0 Å². The second-order valence-electron chi connectivity index (χ2n) is 6.14. The van der Waals surface area contributed by atoms with Crippen LogP contribution in [0.25, 0.3) is 0 Å². The summed E-state index contributed by atoms with van der Waals surface area (Å²) < 4.78 is 0. The smallest absolute Gasteiger partial charge is 0.251 e. The summed E-state index contributed by atoms with van der Waals surface area (Å²) in [4.78, 5) is 12.3. The van der Waals surface area contributed by atoms with E-state index in [4.69, 9.17) is 11.6 Å². The van der Waals surface area contributed by atoms with Gasteiger partial charge in [0.2, 0.25) is 0 Å². The SMILES string of the molecule is O=C(NCCCc1ccccc1Cl)c1ccc2c(c1)CCCC2. The van der Waals surface area contributed by atoms with Gasteiger partial charge in [-0.25, -0.2) is 0 Å². The van der Waals surface area contributed by atoms with Gasteiger partial charge in [0, 0.05) is 17.1 Å². The molecule has 2 aromatic carbocycles. The van der Waals surface area contributed by atoms with E-state index >= 15 is 0 Å². The van der Waals surface area contributed by atoms with Gasteiger partial charge >= 0.3 is 0 Å². The van der Waals surface area contributed by atoms with Crippen LogP contribution in [0.4, 0.5) is 0 Å². The number of amides is 1. The summed E-state index contributed by atoms with van der Waals surface area (Å²) in [5, 5.41) is 3.81. The second kappa shape index (κ2) is 7.65. The van der Waals surface area contributed by atoms with E-state index in [0.29, 0.717) is 6.54 Å². The summed E-state index contributed by atoms with van der Waals surface area (Å²) in [6, 6.07) is 14.0. The summed E-state index contributed by atoms with van der Waals surface area (Å²) in [5.41, 5.74) is 4.67. The first-order valence-corrected chi connectivity index (χ1v) is 8.75. The van der Waals surface area contributed by atoms with Gasteiger partial charge in [-0.05, 0) is 73.4 Å². The van der Waals surface area contributed by atoms with Crippen LogP contribution in [-0.2, 0) is 19.3 Å². The molecule has 1 aliphatic rings. The van der Waals surface area contributed by atoms with Crippen molar-refractivity contribution < 1.29 is 4.79 Å². The molecule has 3 heteroatoms. The molecule has 0 atom stereocenters. The lowest BCUT2D eigenvalue weighted by molar-refractivity contribution is 0.0953. The van der Waals surface area contributed by atoms with Gasteiger partial charge in [-0.1, -0.05) is 35.9 Å². The molecular formula is C20H22ClNO. The van der Waals surface area contributed by atoms with E-state index < -0.39 is 0 Å². The predicted molar refractivity (Wildman–Crippen MR) is 95.2 cm³/mol. The molecule has 0 radical (unpaired) electrons. The van der Waals surface area contributed by atoms with Gasteiger partial charge < -0.3 is 5.32 Å². The van der Waals surface area contributed by atoms with Crippen molar-refractivity contribution in [2.45, 2.75) is 38.5 Å². The van der Waals surface area contributed by atoms with E-state index in [2.05, 4.69) is 17.4 Å². The molecule has 23 heavy (non-hydrogen) atoms. The molecule has 1 N–H and O–H groups in total. The highest BCUT2D eigenvalue weighted by atomic mass is 35.5. The van der Waals surface area contributed by atoms with Crippen molar-refractivity contribution >= 4 is 17.5 Å². The van der Waals surface area contributed by atoms with Gasteiger partial charge in [-0.2, -0.15) is 0 Å². The molecule has 0 aromatic heterocycles. The first-order chi connectivity index (χ1) is 11.2. The molecule has 0 saturated carbocycles. The number of halogens is 1. The highest BCUT2D eigenvalue weighted by Crippen LogP contribution is 2.22. The molecule has 1 amide bonds. The lowest BCUT2D eigenvalue weighted by Gasteiger charge is -2.16. The molecule has 120 valence electrons. The third kappa shape index (κ3) is 4.14. The van der Waals surface area contributed by atoms with E-state index in [-0.39, 0.29) is 5.91 Å². The predicted octanol–water partition coefficient (Wildman–Crippen LogP) is 4.58. The maximum absolute atomic E-state index is 12.3. The maximum atomic E-state index is 12.3. The van der Waals surface area contributed by atoms with Gasteiger partial charge in [0.05, 0.1) is 0 Å². The molecular weight excluding hydrogens is 306 g/mol. The molecule has 0 saturated heterocycles. The Kier molecular flexibility index (Phi) is 5.35. The molecule has 0 unspecified atom stereocenters. The number of aryl methyl sites for hydroxylation is 3. The number of nitrogens with one attached hydrogen (secondary N) is 1. The summed E-state index contributed by atoms with van der Waals surface area (Å²) in [6.07, 6.45) is 6.51. The summed E-state index contributed by atoms with van der Waals surface area (Å²) in [5.74, 6) is 0.0255. The maximum Gasteiger partial charge on any atom is 0.251 e. The van der Waals surface area contributed by atoms with Crippen molar-refractivity contribution in [3.05, 3.63) is 69.7 Å². The highest BCUT2D eigenvalue weighted by molar-refractivity contribution is 6.31. The fourth-order valence-corrected chi connectivity index (χ4v) is 3.39. The van der Waals surface area contributed by atoms with Gasteiger partial charge in [0.1, 0.15) is 0 Å². The summed E-state index contributed by atoms with van der Waals surface area (Å²) >= 11 is 6.14. The van der Waals surface area contributed by atoms with Crippen molar-refractivity contribution in [1.82, 2.24) is 5.32 Å². The van der Waals surface area contributed by atoms with Crippen molar-refractivity contribution in [3.63, 3.8) is 0 Å². The Balaban J connectivity index is 1.51. The molecule has 0 fully saturated rings. The van der Waals surface area contributed by atoms with E-state index in [1.54, 1.807) is 0 Å². The summed E-state index contributed by atoms with van der Waals surface area (Å²) in [6.45, 7) is 0.668. The Morgan fingerprint density at radius 2 is 1.83 bits per heavy atom. The van der Waals surface area contributed by atoms with Gasteiger partial charge in [-0.3, -0.25) is 4.79 Å². The largest absolute Gasteiger partial charge is 0.352 e. The molecule has 2 aromatic rings. The zero-order valence-corrected chi connectivity index (χ0v) is 14.0. The molecule has 0 aliphatic heterocycles. The number of benzene rings is 2. The first-order valence-electron chi connectivity index (χ1n) is 8.37. The number of carbonyl (C=O) groups excluding carboxylic acids is 1. The molecule has 0 heterocycles. The van der Waals surface area contributed by atoms with Crippen molar-refractivity contribution in [3.8, 4) is 0 Å². The molecule has 0 bridgehead atoms. The minimum absolute atomic E-state index is 0.0255. The molecule has 1 aliphatic carbocycles. The second-order valence-corrected chi connectivity index (χ2v) is 6.55. The minimum atomic E-state index is 0.0255. The normalized spacial score (nSPS) is 13.4. The third-order valence-corrected chi connectivity index (χ3v) is 4.85. The van der Waals surface area contributed by atoms with Crippen LogP contribution >= 0.6 is 11.6 Å². The number of carbonyl (C=O) groups is 1. The number of hydrogen-bond donors (Lipinski definition) is 1. The van der Waals surface area contributed by atoms with E-state index in [1.165, 1.54) is 24.0 Å². The molecule has 3 rings (SSSR count). The van der Waals surface area contributed by atoms with Crippen molar-refractivity contribution in [2.75, 3.05) is 6.54 Å². The lowest BCUT2D eigenvalue weighted by Crippen LogP contribution is -2.25. The Labute approximate surface area is 142 Å².